The van der Waals surface area contributed by atoms with Crippen molar-refractivity contribution in [3.05, 3.63) is 29.3 Å². The van der Waals surface area contributed by atoms with E-state index in [0.29, 0.717) is 24.6 Å². The Kier molecular flexibility index (Phi) is 6.72. The number of benzene rings is 1. The maximum atomic E-state index is 13.0. The van der Waals surface area contributed by atoms with Crippen LogP contribution in [0.2, 0.25) is 0 Å². The lowest BCUT2D eigenvalue weighted by Crippen LogP contribution is -2.39. The van der Waals surface area contributed by atoms with E-state index in [1.54, 1.807) is 6.92 Å². The number of piperidine rings is 2. The fraction of sp³-hybridized carbons (Fsp3) is 0.700. The van der Waals surface area contributed by atoms with Gasteiger partial charge in [-0.1, -0.05) is 18.9 Å². The highest BCUT2D eigenvalue weighted by molar-refractivity contribution is 7.89. The predicted octanol–water partition coefficient (Wildman–Crippen LogP) is 4.19. The molecule has 158 valence electrons. The smallest absolute Gasteiger partial charge is 0.317 e. The highest BCUT2D eigenvalue weighted by atomic mass is 32.2. The number of rotatable bonds is 5. The first-order valence-electron chi connectivity index (χ1n) is 10.1. The zero-order chi connectivity index (χ0) is 20.4. The zero-order valence-electron chi connectivity index (χ0n) is 16.3. The molecular weight excluding hydrogens is 389 g/mol. The Morgan fingerprint density at radius 2 is 1.61 bits per heavy atom. The van der Waals surface area contributed by atoms with Crippen molar-refractivity contribution >= 4 is 10.0 Å². The fourth-order valence-corrected chi connectivity index (χ4v) is 5.99. The van der Waals surface area contributed by atoms with Gasteiger partial charge < -0.3 is 5.32 Å². The third-order valence-electron chi connectivity index (χ3n) is 6.15. The molecule has 1 aromatic rings. The Morgan fingerprint density at radius 1 is 1.04 bits per heavy atom. The Bertz CT molecular complexity index is 766. The van der Waals surface area contributed by atoms with Gasteiger partial charge in [0.15, 0.2) is 0 Å². The number of alkyl halides is 3. The van der Waals surface area contributed by atoms with Crippen LogP contribution in [-0.4, -0.2) is 38.9 Å². The van der Waals surface area contributed by atoms with E-state index in [1.165, 1.54) is 29.6 Å². The second kappa shape index (κ2) is 8.71. The number of aryl methyl sites for hydroxylation is 1. The van der Waals surface area contributed by atoms with Gasteiger partial charge in [0.1, 0.15) is 0 Å². The maximum Gasteiger partial charge on any atom is 0.416 e. The topological polar surface area (TPSA) is 49.4 Å². The van der Waals surface area contributed by atoms with E-state index in [1.807, 2.05) is 0 Å². The first kappa shape index (κ1) is 21.6. The predicted molar refractivity (Wildman–Crippen MR) is 102 cm³/mol. The molecule has 0 amide bonds. The molecule has 2 heterocycles. The number of nitrogens with zero attached hydrogens (tertiary/aromatic N) is 1. The van der Waals surface area contributed by atoms with E-state index in [-0.39, 0.29) is 4.90 Å². The molecule has 0 aliphatic carbocycles. The van der Waals surface area contributed by atoms with Crippen LogP contribution in [0.1, 0.15) is 49.7 Å². The van der Waals surface area contributed by atoms with E-state index in [9.17, 15) is 21.6 Å². The van der Waals surface area contributed by atoms with Gasteiger partial charge in [-0.05, 0) is 75.2 Å². The summed E-state index contributed by atoms with van der Waals surface area (Å²) in [7, 11) is -3.91. The Morgan fingerprint density at radius 3 is 2.18 bits per heavy atom. The zero-order valence-corrected chi connectivity index (χ0v) is 17.1. The van der Waals surface area contributed by atoms with Gasteiger partial charge in [-0.2, -0.15) is 17.5 Å². The summed E-state index contributed by atoms with van der Waals surface area (Å²) in [6.07, 6.45) is 1.72. The monoisotopic (exact) mass is 418 g/mol. The lowest BCUT2D eigenvalue weighted by molar-refractivity contribution is -0.137. The standard InChI is InChI=1S/C20H29F3N2O2S/c1-15-2-5-18(20(21,22)23)14-19(15)28(26,27)25-12-8-17(9-13-25)4-3-16-6-10-24-11-7-16/h2,5,14,16-17,24H,3-4,6-13H2,1H3. The summed E-state index contributed by atoms with van der Waals surface area (Å²) in [4.78, 5) is -0.226. The molecule has 0 atom stereocenters. The van der Waals surface area contributed by atoms with Crippen LogP contribution in [0.3, 0.4) is 0 Å². The number of nitrogens with one attached hydrogen (secondary N) is 1. The third kappa shape index (κ3) is 5.07. The normalized spacial score (nSPS) is 21.1. The van der Waals surface area contributed by atoms with Crippen molar-refractivity contribution in [1.82, 2.24) is 9.62 Å². The van der Waals surface area contributed by atoms with Crippen LogP contribution < -0.4 is 5.32 Å². The van der Waals surface area contributed by atoms with Crippen LogP contribution in [0.25, 0.3) is 0 Å². The minimum absolute atomic E-state index is 0.226. The van der Waals surface area contributed by atoms with Crippen molar-refractivity contribution in [1.29, 1.82) is 0 Å². The van der Waals surface area contributed by atoms with Crippen LogP contribution in [0.4, 0.5) is 13.2 Å². The van der Waals surface area contributed by atoms with Crippen molar-refractivity contribution in [2.45, 2.75) is 56.5 Å². The molecule has 0 bridgehead atoms. The Labute approximate surface area is 165 Å². The summed E-state index contributed by atoms with van der Waals surface area (Å²) < 4.78 is 66.3. The molecule has 28 heavy (non-hydrogen) atoms. The van der Waals surface area contributed by atoms with Gasteiger partial charge in [-0.25, -0.2) is 8.42 Å². The van der Waals surface area contributed by atoms with Gasteiger partial charge in [-0.15, -0.1) is 0 Å². The minimum Gasteiger partial charge on any atom is -0.317 e. The molecule has 0 aromatic heterocycles. The quantitative estimate of drug-likeness (QED) is 0.780. The summed E-state index contributed by atoms with van der Waals surface area (Å²) in [5, 5.41) is 3.36. The average Bonchev–Trinajstić information content (AvgIpc) is 2.67. The van der Waals surface area contributed by atoms with Gasteiger partial charge in [0, 0.05) is 13.1 Å². The van der Waals surface area contributed by atoms with E-state index >= 15 is 0 Å². The van der Waals surface area contributed by atoms with Gasteiger partial charge in [0.25, 0.3) is 0 Å². The van der Waals surface area contributed by atoms with E-state index in [0.717, 1.165) is 50.4 Å². The largest absolute Gasteiger partial charge is 0.416 e. The molecule has 0 radical (unpaired) electrons. The molecule has 2 saturated heterocycles. The molecule has 2 fully saturated rings. The Balaban J connectivity index is 1.61. The van der Waals surface area contributed by atoms with Crippen molar-refractivity contribution in [2.24, 2.45) is 11.8 Å². The number of hydrogen-bond donors (Lipinski definition) is 1. The first-order chi connectivity index (χ1) is 13.2. The van der Waals surface area contributed by atoms with Crippen molar-refractivity contribution in [3.8, 4) is 0 Å². The number of halogens is 3. The summed E-state index contributed by atoms with van der Waals surface area (Å²) in [5.74, 6) is 1.26. The molecule has 8 heteroatoms. The maximum absolute atomic E-state index is 13.0. The molecule has 2 aliphatic rings. The summed E-state index contributed by atoms with van der Waals surface area (Å²) in [5.41, 5.74) is -0.574. The van der Waals surface area contributed by atoms with Crippen LogP contribution in [0.5, 0.6) is 0 Å². The lowest BCUT2D eigenvalue weighted by atomic mass is 9.86. The first-order valence-corrected chi connectivity index (χ1v) is 11.5. The van der Waals surface area contributed by atoms with Crippen molar-refractivity contribution in [2.75, 3.05) is 26.2 Å². The van der Waals surface area contributed by atoms with E-state index in [2.05, 4.69) is 5.32 Å². The van der Waals surface area contributed by atoms with E-state index in [4.69, 9.17) is 0 Å². The summed E-state index contributed by atoms with van der Waals surface area (Å²) in [6, 6.07) is 2.94. The van der Waals surface area contributed by atoms with Gasteiger partial charge in [0.2, 0.25) is 10.0 Å². The van der Waals surface area contributed by atoms with Gasteiger partial charge in [0.05, 0.1) is 10.5 Å². The van der Waals surface area contributed by atoms with Crippen LogP contribution in [-0.2, 0) is 16.2 Å². The summed E-state index contributed by atoms with van der Waals surface area (Å²) in [6.45, 7) is 4.47. The highest BCUT2D eigenvalue weighted by Gasteiger charge is 2.35. The molecule has 1 aromatic carbocycles. The fourth-order valence-electron chi connectivity index (χ4n) is 4.27. The lowest BCUT2D eigenvalue weighted by Gasteiger charge is -2.32. The second-order valence-electron chi connectivity index (χ2n) is 8.10. The highest BCUT2D eigenvalue weighted by Crippen LogP contribution is 2.34. The number of hydrogen-bond acceptors (Lipinski definition) is 3. The average molecular weight is 419 g/mol. The van der Waals surface area contributed by atoms with Gasteiger partial charge >= 0.3 is 6.18 Å². The van der Waals surface area contributed by atoms with Crippen molar-refractivity contribution in [3.63, 3.8) is 0 Å². The molecule has 2 aliphatic heterocycles. The SMILES string of the molecule is Cc1ccc(C(F)(F)F)cc1S(=O)(=O)N1CCC(CCC2CCNCC2)CC1. The second-order valence-corrected chi connectivity index (χ2v) is 10.0. The minimum atomic E-state index is -4.56. The van der Waals surface area contributed by atoms with Gasteiger partial charge in [-0.3, -0.25) is 0 Å². The summed E-state index contributed by atoms with van der Waals surface area (Å²) >= 11 is 0. The molecule has 3 rings (SSSR count). The Hall–Kier alpha value is -1.12. The number of sulfonamides is 1. The molecule has 0 saturated carbocycles. The van der Waals surface area contributed by atoms with E-state index < -0.39 is 21.8 Å². The molecule has 1 N–H and O–H groups in total. The van der Waals surface area contributed by atoms with Crippen LogP contribution in [0.15, 0.2) is 23.1 Å². The molecule has 0 spiro atoms. The van der Waals surface area contributed by atoms with Crippen molar-refractivity contribution < 1.29 is 21.6 Å². The molecule has 0 unspecified atom stereocenters. The molecular formula is C20H29F3N2O2S. The van der Waals surface area contributed by atoms with Crippen LogP contribution in [0, 0.1) is 18.8 Å². The molecule has 4 nitrogen and oxygen atoms in total. The van der Waals surface area contributed by atoms with Crippen LogP contribution >= 0.6 is 0 Å². The third-order valence-corrected chi connectivity index (χ3v) is 8.19.